The zero-order chi connectivity index (χ0) is 14.8. The fourth-order valence-corrected chi connectivity index (χ4v) is 3.68. The van der Waals surface area contributed by atoms with E-state index in [4.69, 9.17) is 0 Å². The van der Waals surface area contributed by atoms with E-state index in [1.807, 2.05) is 24.2 Å². The second-order valence-electron chi connectivity index (χ2n) is 5.47. The number of imidazole rings is 1. The minimum absolute atomic E-state index is 0.263. The van der Waals surface area contributed by atoms with Crippen molar-refractivity contribution < 1.29 is 0 Å². The summed E-state index contributed by atoms with van der Waals surface area (Å²) < 4.78 is 3.45. The molecule has 0 aliphatic carbocycles. The molecule has 0 aliphatic rings. The quantitative estimate of drug-likeness (QED) is 0.724. The Kier molecular flexibility index (Phi) is 4.03. The van der Waals surface area contributed by atoms with Crippen LogP contribution in [0.15, 0.2) is 42.4 Å². The van der Waals surface area contributed by atoms with Gasteiger partial charge in [-0.05, 0) is 38.2 Å². The van der Waals surface area contributed by atoms with Gasteiger partial charge in [0.1, 0.15) is 0 Å². The molecule has 21 heavy (non-hydrogen) atoms. The number of fused-ring (bicyclic) bond motifs is 1. The molecule has 110 valence electrons. The van der Waals surface area contributed by atoms with Gasteiger partial charge in [0.05, 0.1) is 28.1 Å². The summed E-state index contributed by atoms with van der Waals surface area (Å²) >= 11 is 1.69. The summed E-state index contributed by atoms with van der Waals surface area (Å²) in [6, 6.07) is 7.26. The third-order valence-electron chi connectivity index (χ3n) is 3.99. The Morgan fingerprint density at radius 2 is 2.19 bits per heavy atom. The van der Waals surface area contributed by atoms with Crippen LogP contribution in [0.1, 0.15) is 24.9 Å². The van der Waals surface area contributed by atoms with E-state index in [2.05, 4.69) is 58.7 Å². The molecule has 0 saturated carbocycles. The summed E-state index contributed by atoms with van der Waals surface area (Å²) in [7, 11) is 4.28. The highest BCUT2D eigenvalue weighted by Crippen LogP contribution is 2.30. The smallest absolute Gasteiger partial charge is 0.0952 e. The van der Waals surface area contributed by atoms with E-state index in [1.54, 1.807) is 11.3 Å². The lowest BCUT2D eigenvalue weighted by Gasteiger charge is -2.33. The van der Waals surface area contributed by atoms with Gasteiger partial charge < -0.3 is 9.47 Å². The molecule has 3 aromatic rings. The number of benzene rings is 1. The molecule has 0 radical (unpaired) electrons. The number of rotatable bonds is 5. The monoisotopic (exact) mass is 300 g/mol. The third kappa shape index (κ3) is 2.71. The van der Waals surface area contributed by atoms with Gasteiger partial charge in [0.15, 0.2) is 0 Å². The van der Waals surface area contributed by atoms with E-state index >= 15 is 0 Å². The van der Waals surface area contributed by atoms with Gasteiger partial charge in [-0.1, -0.05) is 13.0 Å². The number of thiazole rings is 1. The molecular weight excluding hydrogens is 280 g/mol. The Bertz CT molecular complexity index is 702. The van der Waals surface area contributed by atoms with E-state index in [-0.39, 0.29) is 6.04 Å². The van der Waals surface area contributed by atoms with Crippen LogP contribution in [0.5, 0.6) is 0 Å². The second kappa shape index (κ2) is 5.95. The van der Waals surface area contributed by atoms with Gasteiger partial charge in [-0.3, -0.25) is 0 Å². The van der Waals surface area contributed by atoms with E-state index in [0.717, 1.165) is 11.9 Å². The van der Waals surface area contributed by atoms with E-state index in [9.17, 15) is 0 Å². The largest absolute Gasteiger partial charge is 0.328 e. The molecule has 0 N–H and O–H groups in total. The number of likely N-dealkylation sites (N-methyl/N-ethyl adjacent to an activating group) is 1. The molecule has 0 spiro atoms. The fourth-order valence-electron chi connectivity index (χ4n) is 2.95. The summed E-state index contributed by atoms with van der Waals surface area (Å²) in [5.41, 5.74) is 4.29. The van der Waals surface area contributed by atoms with Gasteiger partial charge in [-0.15, -0.1) is 11.3 Å². The average molecular weight is 300 g/mol. The lowest BCUT2D eigenvalue weighted by atomic mass is 9.96. The summed E-state index contributed by atoms with van der Waals surface area (Å²) in [6.45, 7) is 2.24. The second-order valence-corrected chi connectivity index (χ2v) is 6.36. The van der Waals surface area contributed by atoms with Crippen LogP contribution in [0, 0.1) is 0 Å². The van der Waals surface area contributed by atoms with Crippen LogP contribution in [0.4, 0.5) is 0 Å². The molecule has 0 aliphatic heterocycles. The summed E-state index contributed by atoms with van der Waals surface area (Å²) in [5, 5.41) is 0. The highest BCUT2D eigenvalue weighted by Gasteiger charge is 2.25. The maximum Gasteiger partial charge on any atom is 0.0952 e. The lowest BCUT2D eigenvalue weighted by molar-refractivity contribution is 0.227. The van der Waals surface area contributed by atoms with Crippen molar-refractivity contribution in [2.45, 2.75) is 25.4 Å². The summed E-state index contributed by atoms with van der Waals surface area (Å²) in [4.78, 5) is 10.9. The Balaban J connectivity index is 2.09. The SMILES string of the molecule is CCC(C(c1ccc2ncsc2c1)n1ccnc1)N(C)C. The van der Waals surface area contributed by atoms with Gasteiger partial charge in [-0.25, -0.2) is 9.97 Å². The van der Waals surface area contributed by atoms with E-state index in [0.29, 0.717) is 6.04 Å². The zero-order valence-electron chi connectivity index (χ0n) is 12.6. The zero-order valence-corrected chi connectivity index (χ0v) is 13.4. The van der Waals surface area contributed by atoms with Gasteiger partial charge in [0.2, 0.25) is 0 Å². The van der Waals surface area contributed by atoms with Crippen molar-refractivity contribution in [2.24, 2.45) is 0 Å². The maximum absolute atomic E-state index is 4.37. The fraction of sp³-hybridized carbons (Fsp3) is 0.375. The Hall–Kier alpha value is -1.72. The van der Waals surface area contributed by atoms with Crippen molar-refractivity contribution >= 4 is 21.6 Å². The van der Waals surface area contributed by atoms with E-state index in [1.165, 1.54) is 10.3 Å². The molecule has 2 heterocycles. The molecule has 2 atom stereocenters. The number of hydrogen-bond acceptors (Lipinski definition) is 4. The Morgan fingerprint density at radius 3 is 2.86 bits per heavy atom. The first-order chi connectivity index (χ1) is 10.2. The molecule has 4 nitrogen and oxygen atoms in total. The highest BCUT2D eigenvalue weighted by molar-refractivity contribution is 7.16. The molecule has 0 saturated heterocycles. The van der Waals surface area contributed by atoms with Gasteiger partial charge in [0.25, 0.3) is 0 Å². The van der Waals surface area contributed by atoms with E-state index < -0.39 is 0 Å². The highest BCUT2D eigenvalue weighted by atomic mass is 32.1. The van der Waals surface area contributed by atoms with Crippen LogP contribution in [0.2, 0.25) is 0 Å². The van der Waals surface area contributed by atoms with Gasteiger partial charge in [0, 0.05) is 18.4 Å². The van der Waals surface area contributed by atoms with Crippen molar-refractivity contribution in [1.82, 2.24) is 19.4 Å². The number of aromatic nitrogens is 3. The van der Waals surface area contributed by atoms with Crippen molar-refractivity contribution in [3.05, 3.63) is 48.0 Å². The average Bonchev–Trinajstić information content (AvgIpc) is 3.14. The molecule has 5 heteroatoms. The predicted octanol–water partition coefficient (Wildman–Crippen LogP) is 3.42. The first-order valence-corrected chi connectivity index (χ1v) is 8.05. The summed E-state index contributed by atoms with van der Waals surface area (Å²) in [5.74, 6) is 0. The Morgan fingerprint density at radius 1 is 1.33 bits per heavy atom. The molecule has 1 aromatic carbocycles. The van der Waals surface area contributed by atoms with Gasteiger partial charge >= 0.3 is 0 Å². The predicted molar refractivity (Wildman–Crippen MR) is 87.8 cm³/mol. The molecule has 3 rings (SSSR count). The number of hydrogen-bond donors (Lipinski definition) is 0. The van der Waals surface area contributed by atoms with Crippen molar-refractivity contribution in [3.63, 3.8) is 0 Å². The van der Waals surface area contributed by atoms with Crippen LogP contribution < -0.4 is 0 Å². The van der Waals surface area contributed by atoms with Crippen molar-refractivity contribution in [1.29, 1.82) is 0 Å². The third-order valence-corrected chi connectivity index (χ3v) is 4.78. The van der Waals surface area contributed by atoms with Crippen molar-refractivity contribution in [2.75, 3.05) is 14.1 Å². The Labute approximate surface area is 129 Å². The summed E-state index contributed by atoms with van der Waals surface area (Å²) in [6.07, 6.45) is 6.89. The van der Waals surface area contributed by atoms with Crippen LogP contribution >= 0.6 is 11.3 Å². The normalized spacial score (nSPS) is 14.7. The molecule has 0 fully saturated rings. The molecule has 0 amide bonds. The minimum Gasteiger partial charge on any atom is -0.328 e. The van der Waals surface area contributed by atoms with Gasteiger partial charge in [-0.2, -0.15) is 0 Å². The van der Waals surface area contributed by atoms with Crippen LogP contribution in [0.3, 0.4) is 0 Å². The minimum atomic E-state index is 0.263. The molecule has 0 bridgehead atoms. The van der Waals surface area contributed by atoms with Crippen LogP contribution in [-0.2, 0) is 0 Å². The van der Waals surface area contributed by atoms with Crippen LogP contribution in [-0.4, -0.2) is 39.6 Å². The van der Waals surface area contributed by atoms with Crippen LogP contribution in [0.25, 0.3) is 10.2 Å². The maximum atomic E-state index is 4.37. The van der Waals surface area contributed by atoms with Crippen molar-refractivity contribution in [3.8, 4) is 0 Å². The first-order valence-electron chi connectivity index (χ1n) is 7.17. The standard InChI is InChI=1S/C16H20N4S/c1-4-14(19(2)3)16(20-8-7-17-10-20)12-5-6-13-15(9-12)21-11-18-13/h5-11,14,16H,4H2,1-3H3. The first kappa shape index (κ1) is 14.2. The lowest BCUT2D eigenvalue weighted by Crippen LogP contribution is -2.36. The molecular formula is C16H20N4S. The topological polar surface area (TPSA) is 34.0 Å². The molecule has 2 aromatic heterocycles. The molecule has 2 unspecified atom stereocenters. The number of nitrogens with zero attached hydrogens (tertiary/aromatic N) is 4.